The Labute approximate surface area is 151 Å². The number of sulfone groups is 2. The number of rotatable bonds is 0. The summed E-state index contributed by atoms with van der Waals surface area (Å²) in [5.74, 6) is -0.326. The summed E-state index contributed by atoms with van der Waals surface area (Å²) >= 11 is 2.97. The average Bonchev–Trinajstić information content (AvgIpc) is 2.81. The number of fused-ring (bicyclic) bond motifs is 2. The molecule has 0 radical (unpaired) electrons. The molecule has 24 heavy (non-hydrogen) atoms. The zero-order valence-corrected chi connectivity index (χ0v) is 17.4. The summed E-state index contributed by atoms with van der Waals surface area (Å²) in [6.45, 7) is 7.48. The highest BCUT2D eigenvalue weighted by Gasteiger charge is 2.30. The van der Waals surface area contributed by atoms with Crippen LogP contribution in [0.15, 0.2) is 0 Å². The molecule has 0 saturated carbocycles. The summed E-state index contributed by atoms with van der Waals surface area (Å²) in [6.07, 6.45) is 0. The molecule has 0 saturated heterocycles. The van der Waals surface area contributed by atoms with Crippen molar-refractivity contribution in [1.29, 1.82) is 0 Å². The third-order valence-corrected chi connectivity index (χ3v) is 9.62. The normalized spacial score (nSPS) is 19.5. The predicted molar refractivity (Wildman–Crippen MR) is 100 cm³/mol. The zero-order chi connectivity index (χ0) is 17.9. The van der Waals surface area contributed by atoms with Gasteiger partial charge in [-0.05, 0) is 49.9 Å². The van der Waals surface area contributed by atoms with Crippen molar-refractivity contribution in [2.75, 3.05) is 0 Å². The van der Waals surface area contributed by atoms with Crippen molar-refractivity contribution in [1.82, 2.24) is 0 Å². The molecule has 0 amide bonds. The first-order valence-corrected chi connectivity index (χ1v) is 12.8. The fraction of sp³-hybridized carbons (Fsp3) is 0.500. The van der Waals surface area contributed by atoms with Gasteiger partial charge in [0.2, 0.25) is 0 Å². The van der Waals surface area contributed by atoms with E-state index < -0.39 is 19.7 Å². The second-order valence-corrected chi connectivity index (χ2v) is 13.4. The maximum atomic E-state index is 12.8. The van der Waals surface area contributed by atoms with Crippen molar-refractivity contribution in [3.8, 4) is 0 Å². The van der Waals surface area contributed by atoms with E-state index >= 15 is 0 Å². The van der Waals surface area contributed by atoms with Gasteiger partial charge in [0.1, 0.15) is 0 Å². The van der Waals surface area contributed by atoms with Crippen LogP contribution in [0, 0.1) is 27.7 Å². The van der Waals surface area contributed by atoms with Crippen molar-refractivity contribution < 1.29 is 16.8 Å². The molecule has 1 aliphatic heterocycles. The topological polar surface area (TPSA) is 68.3 Å². The Kier molecular flexibility index (Phi) is 4.47. The van der Waals surface area contributed by atoms with Crippen LogP contribution < -0.4 is 0 Å². The number of hydrogen-bond donors (Lipinski definition) is 0. The molecular formula is C16H20O4S4. The van der Waals surface area contributed by atoms with E-state index in [0.29, 0.717) is 22.3 Å². The van der Waals surface area contributed by atoms with Gasteiger partial charge in [0.15, 0.2) is 19.7 Å². The predicted octanol–water partition coefficient (Wildman–Crippen LogP) is 3.59. The Bertz CT molecular complexity index is 872. The summed E-state index contributed by atoms with van der Waals surface area (Å²) in [7, 11) is -6.69. The van der Waals surface area contributed by atoms with Gasteiger partial charge >= 0.3 is 0 Å². The third kappa shape index (κ3) is 3.34. The van der Waals surface area contributed by atoms with Crippen LogP contribution in [0.5, 0.6) is 0 Å². The van der Waals surface area contributed by atoms with Crippen molar-refractivity contribution in [3.05, 3.63) is 41.8 Å². The first kappa shape index (κ1) is 18.1. The van der Waals surface area contributed by atoms with Gasteiger partial charge in [0.05, 0.1) is 23.0 Å². The minimum atomic E-state index is -3.35. The summed E-state index contributed by atoms with van der Waals surface area (Å²) in [5.41, 5.74) is 2.76. The summed E-state index contributed by atoms with van der Waals surface area (Å²) < 4.78 is 51.0. The maximum absolute atomic E-state index is 12.8. The van der Waals surface area contributed by atoms with E-state index in [1.54, 1.807) is 0 Å². The molecule has 3 rings (SSSR count). The van der Waals surface area contributed by atoms with E-state index in [1.165, 1.54) is 22.7 Å². The second-order valence-electron chi connectivity index (χ2n) is 6.41. The Morgan fingerprint density at radius 2 is 0.750 bits per heavy atom. The van der Waals surface area contributed by atoms with Gasteiger partial charge in [-0.25, -0.2) is 16.8 Å². The highest BCUT2D eigenvalue weighted by atomic mass is 32.2. The van der Waals surface area contributed by atoms with E-state index in [0.717, 1.165) is 19.5 Å². The third-order valence-electron chi connectivity index (χ3n) is 4.50. The first-order chi connectivity index (χ1) is 11.0. The molecule has 2 aromatic rings. The minimum Gasteiger partial charge on any atom is -0.228 e. The van der Waals surface area contributed by atoms with Gasteiger partial charge in [-0.15, -0.1) is 22.7 Å². The zero-order valence-electron chi connectivity index (χ0n) is 14.1. The van der Waals surface area contributed by atoms with Crippen molar-refractivity contribution in [3.63, 3.8) is 0 Å². The fourth-order valence-electron chi connectivity index (χ4n) is 3.29. The lowest BCUT2D eigenvalue weighted by molar-refractivity contribution is 0.588. The molecule has 0 atom stereocenters. The summed E-state index contributed by atoms with van der Waals surface area (Å²) in [4.78, 5) is 3.61. The van der Waals surface area contributed by atoms with Gasteiger partial charge in [0, 0.05) is 19.5 Å². The molecule has 2 aromatic heterocycles. The second kappa shape index (κ2) is 5.93. The van der Waals surface area contributed by atoms with Gasteiger partial charge in [-0.1, -0.05) is 0 Å². The Hall–Kier alpha value is -0.700. The van der Waals surface area contributed by atoms with Crippen molar-refractivity contribution >= 4 is 42.3 Å². The fourth-order valence-corrected chi connectivity index (χ4v) is 9.38. The largest absolute Gasteiger partial charge is 0.228 e. The molecule has 3 heterocycles. The Balaban J connectivity index is 2.24. The molecule has 0 spiro atoms. The smallest absolute Gasteiger partial charge is 0.158 e. The van der Waals surface area contributed by atoms with Crippen molar-refractivity contribution in [2.45, 2.75) is 50.7 Å². The number of thiophene rings is 2. The quantitative estimate of drug-likeness (QED) is 0.673. The average molecular weight is 405 g/mol. The van der Waals surface area contributed by atoms with Crippen LogP contribution in [0.2, 0.25) is 0 Å². The highest BCUT2D eigenvalue weighted by molar-refractivity contribution is 7.90. The Morgan fingerprint density at radius 1 is 0.542 bits per heavy atom. The molecule has 4 nitrogen and oxygen atoms in total. The van der Waals surface area contributed by atoms with Crippen LogP contribution in [0.25, 0.3) is 0 Å². The van der Waals surface area contributed by atoms with Gasteiger partial charge in [-0.2, -0.15) is 0 Å². The van der Waals surface area contributed by atoms with Gasteiger partial charge in [0.25, 0.3) is 0 Å². The Morgan fingerprint density at radius 3 is 0.958 bits per heavy atom. The summed E-state index contributed by atoms with van der Waals surface area (Å²) in [5, 5.41) is 0. The molecular weight excluding hydrogens is 384 g/mol. The molecule has 0 aromatic carbocycles. The van der Waals surface area contributed by atoms with E-state index in [1.807, 2.05) is 27.7 Å². The summed E-state index contributed by atoms with van der Waals surface area (Å²) in [6, 6.07) is 0. The molecule has 0 unspecified atom stereocenters. The van der Waals surface area contributed by atoms with Crippen molar-refractivity contribution in [2.24, 2.45) is 0 Å². The molecule has 0 N–H and O–H groups in total. The standard InChI is InChI=1S/C16H20O4S4/c1-9-13-5-23(17,18)7-15-11(3)22-12(4)16(15)8-24(19,20)6-14(13)10(2)21-9/h5-8H2,1-4H3. The molecule has 0 bridgehead atoms. The lowest BCUT2D eigenvalue weighted by Gasteiger charge is -2.14. The molecule has 1 aliphatic rings. The lowest BCUT2D eigenvalue weighted by atomic mass is 10.1. The molecule has 0 fully saturated rings. The van der Waals surface area contributed by atoms with Crippen LogP contribution in [-0.2, 0) is 42.7 Å². The van der Waals surface area contributed by atoms with E-state index in [-0.39, 0.29) is 23.0 Å². The minimum absolute atomic E-state index is 0.0815. The lowest BCUT2D eigenvalue weighted by Crippen LogP contribution is -2.17. The van der Waals surface area contributed by atoms with Crippen LogP contribution in [0.3, 0.4) is 0 Å². The number of aryl methyl sites for hydroxylation is 4. The first-order valence-electron chi connectivity index (χ1n) is 7.55. The van der Waals surface area contributed by atoms with E-state index in [9.17, 15) is 16.8 Å². The van der Waals surface area contributed by atoms with E-state index in [4.69, 9.17) is 0 Å². The monoisotopic (exact) mass is 404 g/mol. The maximum Gasteiger partial charge on any atom is 0.158 e. The number of hydrogen-bond acceptors (Lipinski definition) is 6. The van der Waals surface area contributed by atoms with Gasteiger partial charge < -0.3 is 0 Å². The highest BCUT2D eigenvalue weighted by Crippen LogP contribution is 2.36. The molecule has 132 valence electrons. The van der Waals surface area contributed by atoms with Crippen LogP contribution in [-0.4, -0.2) is 16.8 Å². The van der Waals surface area contributed by atoms with E-state index in [2.05, 4.69) is 0 Å². The van der Waals surface area contributed by atoms with Crippen LogP contribution in [0.4, 0.5) is 0 Å². The molecule has 8 heteroatoms. The van der Waals surface area contributed by atoms with Gasteiger partial charge in [-0.3, -0.25) is 0 Å². The molecule has 0 aliphatic carbocycles. The SMILES string of the molecule is Cc1sc(C)c2c1CS(=O)(=O)Cc1c(C)sc(C)c1CS(=O)(=O)C2. The van der Waals surface area contributed by atoms with Crippen LogP contribution in [0.1, 0.15) is 41.8 Å². The van der Waals surface area contributed by atoms with Crippen LogP contribution >= 0.6 is 22.7 Å².